The van der Waals surface area contributed by atoms with Gasteiger partial charge >= 0.3 is 6.09 Å². The van der Waals surface area contributed by atoms with Crippen LogP contribution in [-0.4, -0.2) is 58.3 Å². The lowest BCUT2D eigenvalue weighted by Crippen LogP contribution is -2.59. The number of hydrogen-bond acceptors (Lipinski definition) is 9. The van der Waals surface area contributed by atoms with Crippen molar-refractivity contribution in [2.24, 2.45) is 0 Å². The van der Waals surface area contributed by atoms with Crippen molar-refractivity contribution in [2.45, 2.75) is 77.0 Å². The van der Waals surface area contributed by atoms with Crippen molar-refractivity contribution in [3.63, 3.8) is 0 Å². The van der Waals surface area contributed by atoms with Gasteiger partial charge in [-0.05, 0) is 53.5 Å². The lowest BCUT2D eigenvalue weighted by Gasteiger charge is -2.46. The van der Waals surface area contributed by atoms with Crippen LogP contribution in [0.25, 0.3) is 0 Å². The van der Waals surface area contributed by atoms with E-state index in [9.17, 15) is 10.1 Å². The van der Waals surface area contributed by atoms with E-state index < -0.39 is 5.60 Å². The highest BCUT2D eigenvalue weighted by Crippen LogP contribution is 2.55. The van der Waals surface area contributed by atoms with E-state index in [1.165, 1.54) is 12.0 Å². The van der Waals surface area contributed by atoms with Gasteiger partial charge in [-0.1, -0.05) is 6.42 Å². The van der Waals surface area contributed by atoms with Gasteiger partial charge in [0.05, 0.1) is 5.70 Å². The second kappa shape index (κ2) is 8.33. The third kappa shape index (κ3) is 4.03. The van der Waals surface area contributed by atoms with E-state index in [0.717, 1.165) is 36.7 Å². The molecular weight excluding hydrogens is 444 g/mol. The van der Waals surface area contributed by atoms with Crippen LogP contribution >= 0.6 is 0 Å². The van der Waals surface area contributed by atoms with Gasteiger partial charge in [-0.3, -0.25) is 5.43 Å². The van der Waals surface area contributed by atoms with Gasteiger partial charge in [-0.15, -0.1) is 0 Å². The standard InChI is InChI=1S/C25H34N8O2/c1-16-13-32(23(34)35-24(3,4)5)17(2)12-31(16)21-20-22(28-15-27-21)33(14-25(20)7-6-8-25)19-9-18(10-26)30-29-11-19/h9,11,15-17,29-30H,6-8,12-14H2,1-5H3/t16-,17+/m0/s1. The summed E-state index contributed by atoms with van der Waals surface area (Å²) in [6.07, 6.45) is 8.45. The van der Waals surface area contributed by atoms with Gasteiger partial charge in [0, 0.05) is 48.9 Å². The number of ether oxygens (including phenoxy) is 1. The first-order chi connectivity index (χ1) is 16.6. The van der Waals surface area contributed by atoms with Crippen molar-refractivity contribution < 1.29 is 9.53 Å². The Labute approximate surface area is 206 Å². The van der Waals surface area contributed by atoms with E-state index >= 15 is 0 Å². The minimum absolute atomic E-state index is 0.00352. The van der Waals surface area contributed by atoms with Gasteiger partial charge in [-0.25, -0.2) is 14.8 Å². The molecule has 10 nitrogen and oxygen atoms in total. The lowest BCUT2D eigenvalue weighted by molar-refractivity contribution is 0.0129. The average molecular weight is 479 g/mol. The summed E-state index contributed by atoms with van der Waals surface area (Å²) in [6, 6.07) is 2.23. The second-order valence-electron chi connectivity index (χ2n) is 11.1. The Morgan fingerprint density at radius 3 is 2.60 bits per heavy atom. The van der Waals surface area contributed by atoms with Gasteiger partial charge in [0.1, 0.15) is 35.3 Å². The van der Waals surface area contributed by atoms with Crippen LogP contribution in [0.1, 0.15) is 59.4 Å². The Kier molecular flexibility index (Phi) is 5.54. The van der Waals surface area contributed by atoms with E-state index in [1.807, 2.05) is 37.9 Å². The summed E-state index contributed by atoms with van der Waals surface area (Å²) in [5, 5.41) is 9.36. The van der Waals surface area contributed by atoms with Gasteiger partial charge in [0.15, 0.2) is 0 Å². The third-order valence-electron chi connectivity index (χ3n) is 7.40. The maximum absolute atomic E-state index is 12.8. The Balaban J connectivity index is 1.47. The summed E-state index contributed by atoms with van der Waals surface area (Å²) in [5.74, 6) is 1.87. The van der Waals surface area contributed by atoms with Crippen molar-refractivity contribution in [1.82, 2.24) is 25.7 Å². The van der Waals surface area contributed by atoms with Crippen molar-refractivity contribution in [2.75, 3.05) is 29.4 Å². The number of carbonyl (C=O) groups excluding carboxylic acids is 1. The number of nitrogens with zero attached hydrogens (tertiary/aromatic N) is 6. The molecule has 0 bridgehead atoms. The van der Waals surface area contributed by atoms with E-state index in [0.29, 0.717) is 18.8 Å². The van der Waals surface area contributed by atoms with E-state index in [2.05, 4.69) is 40.6 Å². The number of nitrogens with one attached hydrogen (secondary N) is 2. The van der Waals surface area contributed by atoms with Gasteiger partial charge in [0.2, 0.25) is 0 Å². The maximum atomic E-state index is 12.8. The molecule has 1 aliphatic carbocycles. The van der Waals surface area contributed by atoms with Gasteiger partial charge in [-0.2, -0.15) is 5.26 Å². The molecule has 2 fully saturated rings. The van der Waals surface area contributed by atoms with Crippen LogP contribution in [0.3, 0.4) is 0 Å². The smallest absolute Gasteiger partial charge is 0.410 e. The Bertz CT molecular complexity index is 1130. The predicted octanol–water partition coefficient (Wildman–Crippen LogP) is 2.91. The molecule has 3 aliphatic heterocycles. The minimum atomic E-state index is -0.525. The topological polar surface area (TPSA) is 110 Å². The summed E-state index contributed by atoms with van der Waals surface area (Å²) in [4.78, 5) is 28.8. The number of piperazine rings is 1. The zero-order chi connectivity index (χ0) is 25.0. The second-order valence-corrected chi connectivity index (χ2v) is 11.1. The van der Waals surface area contributed by atoms with Crippen LogP contribution in [-0.2, 0) is 10.2 Å². The highest BCUT2D eigenvalue weighted by molar-refractivity contribution is 5.73. The number of anilines is 2. The van der Waals surface area contributed by atoms with E-state index in [4.69, 9.17) is 14.7 Å². The molecule has 1 aromatic rings. The summed E-state index contributed by atoms with van der Waals surface area (Å²) < 4.78 is 5.66. The van der Waals surface area contributed by atoms with Crippen LogP contribution in [0.15, 0.2) is 30.0 Å². The van der Waals surface area contributed by atoms with Crippen LogP contribution < -0.4 is 20.7 Å². The zero-order valence-corrected chi connectivity index (χ0v) is 21.1. The molecule has 10 heteroatoms. The molecule has 5 rings (SSSR count). The fourth-order valence-corrected chi connectivity index (χ4v) is 5.57. The first-order valence-corrected chi connectivity index (χ1v) is 12.3. The summed E-state index contributed by atoms with van der Waals surface area (Å²) in [7, 11) is 0. The number of carbonyl (C=O) groups is 1. The molecule has 4 heterocycles. The molecule has 0 unspecified atom stereocenters. The number of allylic oxidation sites excluding steroid dienone is 2. The fourth-order valence-electron chi connectivity index (χ4n) is 5.57. The number of hydrazine groups is 1. The maximum Gasteiger partial charge on any atom is 0.410 e. The van der Waals surface area contributed by atoms with Crippen molar-refractivity contribution in [3.05, 3.63) is 35.6 Å². The van der Waals surface area contributed by atoms with Crippen LogP contribution in [0.5, 0.6) is 0 Å². The SMILES string of the molecule is C[C@@H]1CN(c2ncnc3c2C2(CCC2)CN3C2=CNNC(C#N)=C2)[C@@H](C)CN1C(=O)OC(C)(C)C. The minimum Gasteiger partial charge on any atom is -0.444 e. The molecule has 0 radical (unpaired) electrons. The van der Waals surface area contributed by atoms with Crippen molar-refractivity contribution in [1.29, 1.82) is 5.26 Å². The highest BCUT2D eigenvalue weighted by Gasteiger charge is 2.52. The first kappa shape index (κ1) is 23.3. The molecule has 1 saturated carbocycles. The van der Waals surface area contributed by atoms with Gasteiger partial charge < -0.3 is 24.9 Å². The third-order valence-corrected chi connectivity index (χ3v) is 7.40. The molecule has 2 N–H and O–H groups in total. The molecule has 35 heavy (non-hydrogen) atoms. The summed E-state index contributed by atoms with van der Waals surface area (Å²) in [6.45, 7) is 11.9. The molecule has 1 amide bonds. The van der Waals surface area contributed by atoms with Crippen LogP contribution in [0.2, 0.25) is 0 Å². The summed E-state index contributed by atoms with van der Waals surface area (Å²) >= 11 is 0. The lowest BCUT2D eigenvalue weighted by atomic mass is 9.66. The van der Waals surface area contributed by atoms with E-state index in [-0.39, 0.29) is 23.6 Å². The fraction of sp³-hybridized carbons (Fsp3) is 0.600. The number of nitriles is 1. The molecular formula is C25H34N8O2. The molecule has 0 aromatic carbocycles. The number of fused-ring (bicyclic) bond motifs is 2. The molecule has 2 atom stereocenters. The monoisotopic (exact) mass is 478 g/mol. The van der Waals surface area contributed by atoms with Crippen molar-refractivity contribution in [3.8, 4) is 6.07 Å². The number of amides is 1. The molecule has 186 valence electrons. The molecule has 1 saturated heterocycles. The quantitative estimate of drug-likeness (QED) is 0.663. The molecule has 1 aromatic heterocycles. The molecule has 1 spiro atoms. The number of hydrogen-bond donors (Lipinski definition) is 2. The average Bonchev–Trinajstić information content (AvgIpc) is 3.16. The highest BCUT2D eigenvalue weighted by atomic mass is 16.6. The largest absolute Gasteiger partial charge is 0.444 e. The van der Waals surface area contributed by atoms with Gasteiger partial charge in [0.25, 0.3) is 0 Å². The Morgan fingerprint density at radius 2 is 1.94 bits per heavy atom. The number of aromatic nitrogens is 2. The first-order valence-electron chi connectivity index (χ1n) is 12.3. The number of rotatable bonds is 2. The normalized spacial score (nSPS) is 25.0. The molecule has 4 aliphatic rings. The zero-order valence-electron chi connectivity index (χ0n) is 21.1. The summed E-state index contributed by atoms with van der Waals surface area (Å²) in [5.41, 5.74) is 7.89. The van der Waals surface area contributed by atoms with Crippen LogP contribution in [0.4, 0.5) is 16.4 Å². The van der Waals surface area contributed by atoms with E-state index in [1.54, 1.807) is 6.33 Å². The van der Waals surface area contributed by atoms with Crippen molar-refractivity contribution >= 4 is 17.7 Å². The van der Waals surface area contributed by atoms with Crippen LogP contribution in [0, 0.1) is 11.3 Å². The Morgan fingerprint density at radius 1 is 1.20 bits per heavy atom. The Hall–Kier alpha value is -3.48. The predicted molar refractivity (Wildman–Crippen MR) is 132 cm³/mol.